The summed E-state index contributed by atoms with van der Waals surface area (Å²) >= 11 is 0. The lowest BCUT2D eigenvalue weighted by Gasteiger charge is -2.09. The molecule has 1 aromatic rings. The molecule has 0 amide bonds. The lowest BCUT2D eigenvalue weighted by atomic mass is 10.2. The van der Waals surface area contributed by atoms with E-state index in [0.29, 0.717) is 0 Å². The zero-order chi connectivity index (χ0) is 15.2. The van der Waals surface area contributed by atoms with Crippen molar-refractivity contribution in [1.29, 1.82) is 15.8 Å². The first-order chi connectivity index (χ1) is 9.39. The fraction of sp³-hybridized carbons (Fsp3) is 0.0833. The highest BCUT2D eigenvalue weighted by Crippen LogP contribution is 2.24. The fourth-order valence-electron chi connectivity index (χ4n) is 1.17. The number of ether oxygens (including phenoxy) is 1. The van der Waals surface area contributed by atoms with Gasteiger partial charge < -0.3 is 10.1 Å². The number of rotatable bonds is 3. The van der Waals surface area contributed by atoms with E-state index < -0.39 is 17.7 Å². The summed E-state index contributed by atoms with van der Waals surface area (Å²) in [6.45, 7) is 0. The Hall–Kier alpha value is -3.18. The predicted molar refractivity (Wildman–Crippen MR) is 60.6 cm³/mol. The number of benzene rings is 1. The molecule has 0 aliphatic heterocycles. The van der Waals surface area contributed by atoms with Crippen LogP contribution in [0.4, 0.5) is 18.9 Å². The van der Waals surface area contributed by atoms with Crippen LogP contribution in [-0.2, 0) is 0 Å². The molecule has 0 aliphatic carbocycles. The summed E-state index contributed by atoms with van der Waals surface area (Å²) in [5.74, 6) is -0.425. The van der Waals surface area contributed by atoms with Gasteiger partial charge in [-0.2, -0.15) is 15.8 Å². The molecule has 1 rings (SSSR count). The summed E-state index contributed by atoms with van der Waals surface area (Å²) < 4.78 is 39.5. The number of alkyl halides is 3. The van der Waals surface area contributed by atoms with Crippen molar-refractivity contribution in [2.24, 2.45) is 0 Å². The van der Waals surface area contributed by atoms with E-state index in [1.54, 1.807) is 6.07 Å². The number of hydrogen-bond acceptors (Lipinski definition) is 5. The van der Waals surface area contributed by atoms with Gasteiger partial charge in [0.05, 0.1) is 0 Å². The maximum absolute atomic E-state index is 11.9. The van der Waals surface area contributed by atoms with Crippen LogP contribution in [-0.4, -0.2) is 6.36 Å². The van der Waals surface area contributed by atoms with E-state index in [0.717, 1.165) is 12.1 Å². The van der Waals surface area contributed by atoms with Crippen molar-refractivity contribution < 1.29 is 17.9 Å². The maximum Gasteiger partial charge on any atom is 0.573 e. The van der Waals surface area contributed by atoms with Crippen LogP contribution in [0.2, 0.25) is 0 Å². The predicted octanol–water partition coefficient (Wildman–Crippen LogP) is 2.82. The van der Waals surface area contributed by atoms with Crippen molar-refractivity contribution in [2.45, 2.75) is 6.36 Å². The highest BCUT2D eigenvalue weighted by molar-refractivity contribution is 5.58. The van der Waals surface area contributed by atoms with E-state index in [9.17, 15) is 13.2 Å². The first-order valence-corrected chi connectivity index (χ1v) is 4.97. The van der Waals surface area contributed by atoms with Crippen molar-refractivity contribution in [3.8, 4) is 24.0 Å². The second kappa shape index (κ2) is 6.12. The van der Waals surface area contributed by atoms with Gasteiger partial charge in [0.2, 0.25) is 0 Å². The average molecular weight is 278 g/mol. The Morgan fingerprint density at radius 3 is 1.95 bits per heavy atom. The molecule has 5 nitrogen and oxygen atoms in total. The summed E-state index contributed by atoms with van der Waals surface area (Å²) in [6.07, 6.45) is -4.79. The molecule has 0 atom stereocenters. The third-order valence-electron chi connectivity index (χ3n) is 1.94. The van der Waals surface area contributed by atoms with E-state index in [2.05, 4.69) is 10.1 Å². The fourth-order valence-corrected chi connectivity index (χ4v) is 1.17. The van der Waals surface area contributed by atoms with Crippen LogP contribution in [0.5, 0.6) is 5.75 Å². The number of nitriles is 3. The van der Waals surface area contributed by atoms with Gasteiger partial charge in [-0.15, -0.1) is 13.2 Å². The zero-order valence-corrected chi connectivity index (χ0v) is 9.69. The van der Waals surface area contributed by atoms with Crippen molar-refractivity contribution in [1.82, 2.24) is 0 Å². The molecule has 0 heterocycles. The minimum Gasteiger partial charge on any atom is -0.406 e. The Balaban J connectivity index is 2.92. The normalized spacial score (nSPS) is 9.60. The van der Waals surface area contributed by atoms with Gasteiger partial charge in [-0.3, -0.25) is 0 Å². The van der Waals surface area contributed by atoms with E-state index in [-0.39, 0.29) is 11.4 Å². The van der Waals surface area contributed by atoms with E-state index >= 15 is 0 Å². The van der Waals surface area contributed by atoms with Crippen molar-refractivity contribution >= 4 is 5.69 Å². The van der Waals surface area contributed by atoms with E-state index in [4.69, 9.17) is 15.8 Å². The first-order valence-electron chi connectivity index (χ1n) is 4.97. The standard InChI is InChI=1S/C12H5F3N4O/c13-12(14,15)20-10-3-1-9(2-4-10)19-11(7-18)8(5-16)6-17/h1-4,19H. The van der Waals surface area contributed by atoms with Gasteiger partial charge in [-0.25, -0.2) is 0 Å². The molecular formula is C12H5F3N4O. The van der Waals surface area contributed by atoms with E-state index in [1.807, 2.05) is 0 Å². The molecular weight excluding hydrogens is 273 g/mol. The molecule has 0 saturated heterocycles. The molecule has 100 valence electrons. The Morgan fingerprint density at radius 1 is 1.00 bits per heavy atom. The molecule has 0 aromatic heterocycles. The SMILES string of the molecule is N#CC(C#N)=C(C#N)Nc1ccc(OC(F)(F)F)cc1. The maximum atomic E-state index is 11.9. The van der Waals surface area contributed by atoms with Crippen LogP contribution in [0.25, 0.3) is 0 Å². The van der Waals surface area contributed by atoms with Crippen molar-refractivity contribution in [3.05, 3.63) is 35.5 Å². The summed E-state index contributed by atoms with van der Waals surface area (Å²) in [4.78, 5) is 0. The second-order valence-corrected chi connectivity index (χ2v) is 3.28. The zero-order valence-electron chi connectivity index (χ0n) is 9.69. The lowest BCUT2D eigenvalue weighted by Crippen LogP contribution is -2.17. The van der Waals surface area contributed by atoms with Gasteiger partial charge in [-0.05, 0) is 24.3 Å². The largest absolute Gasteiger partial charge is 0.573 e. The second-order valence-electron chi connectivity index (χ2n) is 3.28. The number of halogens is 3. The van der Waals surface area contributed by atoms with Crippen molar-refractivity contribution in [3.63, 3.8) is 0 Å². The molecule has 1 aromatic carbocycles. The Bertz CT molecular complexity index is 626. The molecule has 0 spiro atoms. The molecule has 0 saturated carbocycles. The molecule has 1 N–H and O–H groups in total. The molecule has 0 radical (unpaired) electrons. The Kier molecular flexibility index (Phi) is 4.56. The number of allylic oxidation sites excluding steroid dienone is 2. The summed E-state index contributed by atoms with van der Waals surface area (Å²) in [7, 11) is 0. The number of nitrogens with zero attached hydrogens (tertiary/aromatic N) is 3. The van der Waals surface area contributed by atoms with Crippen molar-refractivity contribution in [2.75, 3.05) is 5.32 Å². The molecule has 0 bridgehead atoms. The lowest BCUT2D eigenvalue weighted by molar-refractivity contribution is -0.274. The topological polar surface area (TPSA) is 92.6 Å². The molecule has 0 aliphatic rings. The Morgan fingerprint density at radius 2 is 1.55 bits per heavy atom. The summed E-state index contributed by atoms with van der Waals surface area (Å²) in [6, 6.07) is 9.16. The number of nitrogens with one attached hydrogen (secondary N) is 1. The molecule has 0 fully saturated rings. The van der Waals surface area contributed by atoms with Crippen LogP contribution in [0.3, 0.4) is 0 Å². The van der Waals surface area contributed by atoms with Gasteiger partial charge in [0, 0.05) is 5.69 Å². The van der Waals surface area contributed by atoms with Crippen LogP contribution in [0.1, 0.15) is 0 Å². The van der Waals surface area contributed by atoms with Crippen LogP contribution in [0, 0.1) is 34.0 Å². The smallest absolute Gasteiger partial charge is 0.406 e. The van der Waals surface area contributed by atoms with Crippen LogP contribution < -0.4 is 10.1 Å². The summed E-state index contributed by atoms with van der Waals surface area (Å²) in [5.41, 5.74) is -0.485. The third kappa shape index (κ3) is 4.25. The highest BCUT2D eigenvalue weighted by atomic mass is 19.4. The molecule has 20 heavy (non-hydrogen) atoms. The average Bonchev–Trinajstić information content (AvgIpc) is 2.39. The van der Waals surface area contributed by atoms with Gasteiger partial charge in [0.15, 0.2) is 5.57 Å². The monoisotopic (exact) mass is 278 g/mol. The van der Waals surface area contributed by atoms with Crippen LogP contribution >= 0.6 is 0 Å². The van der Waals surface area contributed by atoms with Gasteiger partial charge in [0.1, 0.15) is 29.7 Å². The molecule has 8 heteroatoms. The first kappa shape index (κ1) is 14.9. The number of anilines is 1. The van der Waals surface area contributed by atoms with Gasteiger partial charge in [-0.1, -0.05) is 0 Å². The number of hydrogen-bond donors (Lipinski definition) is 1. The van der Waals surface area contributed by atoms with Crippen LogP contribution in [0.15, 0.2) is 35.5 Å². The summed E-state index contributed by atoms with van der Waals surface area (Å²) in [5, 5.41) is 28.5. The highest BCUT2D eigenvalue weighted by Gasteiger charge is 2.30. The minimum absolute atomic E-state index is 0.235. The quantitative estimate of drug-likeness (QED) is 0.858. The molecule has 0 unspecified atom stereocenters. The third-order valence-corrected chi connectivity index (χ3v) is 1.94. The van der Waals surface area contributed by atoms with Gasteiger partial charge >= 0.3 is 6.36 Å². The van der Waals surface area contributed by atoms with E-state index in [1.165, 1.54) is 24.3 Å². The van der Waals surface area contributed by atoms with Gasteiger partial charge in [0.25, 0.3) is 0 Å². The Labute approximate surface area is 111 Å². The minimum atomic E-state index is -4.79.